The minimum absolute atomic E-state index is 0.373. The zero-order chi connectivity index (χ0) is 16.9. The van der Waals surface area contributed by atoms with Crippen LogP contribution in [0, 0.1) is 0 Å². The quantitative estimate of drug-likeness (QED) is 0.215. The van der Waals surface area contributed by atoms with E-state index in [0.29, 0.717) is 6.29 Å². The number of hydrogen-bond donors (Lipinski definition) is 7. The lowest BCUT2D eigenvalue weighted by Crippen LogP contribution is -2.61. The first-order valence-electron chi connectivity index (χ1n) is 6.73. The molecule has 1 rings (SSSR count). The van der Waals surface area contributed by atoms with Crippen molar-refractivity contribution >= 4 is 6.29 Å². The summed E-state index contributed by atoms with van der Waals surface area (Å²) >= 11 is 0. The van der Waals surface area contributed by atoms with E-state index in [4.69, 9.17) is 19.7 Å². The molecule has 22 heavy (non-hydrogen) atoms. The number of aliphatic hydroxyl groups excluding tert-OH is 7. The first kappa shape index (κ1) is 19.4. The van der Waals surface area contributed by atoms with Crippen molar-refractivity contribution in [1.29, 1.82) is 0 Å². The first-order chi connectivity index (χ1) is 10.4. The second kappa shape index (κ2) is 8.82. The van der Waals surface area contributed by atoms with Crippen molar-refractivity contribution in [2.24, 2.45) is 0 Å². The van der Waals surface area contributed by atoms with Crippen LogP contribution in [0.15, 0.2) is 0 Å². The fraction of sp³-hybridized carbons (Fsp3) is 0.917. The maximum atomic E-state index is 10.4. The van der Waals surface area contributed by atoms with Gasteiger partial charge in [-0.3, -0.25) is 0 Å². The van der Waals surface area contributed by atoms with Gasteiger partial charge in [0.25, 0.3) is 0 Å². The molecular weight excluding hydrogens is 304 g/mol. The Labute approximate surface area is 126 Å². The number of hydrogen-bond acceptors (Lipinski definition) is 10. The molecule has 0 aromatic heterocycles. The van der Waals surface area contributed by atoms with E-state index in [9.17, 15) is 30.3 Å². The Bertz CT molecular complexity index is 338. The van der Waals surface area contributed by atoms with Crippen molar-refractivity contribution < 1.29 is 50.0 Å². The van der Waals surface area contributed by atoms with E-state index in [2.05, 4.69) is 0 Å². The van der Waals surface area contributed by atoms with Crippen LogP contribution >= 0.6 is 0 Å². The van der Waals surface area contributed by atoms with Crippen LogP contribution in [0.5, 0.6) is 0 Å². The Morgan fingerprint density at radius 3 is 2.18 bits per heavy atom. The monoisotopic (exact) mass is 326 g/mol. The molecule has 0 aromatic carbocycles. The van der Waals surface area contributed by atoms with Crippen LogP contribution in [0.2, 0.25) is 0 Å². The lowest BCUT2D eigenvalue weighted by molar-refractivity contribution is -0.324. The third-order valence-electron chi connectivity index (χ3n) is 3.42. The fourth-order valence-electron chi connectivity index (χ4n) is 2.11. The molecule has 1 fully saturated rings. The molecule has 0 aromatic rings. The SMILES string of the molecule is O=CC[C@@H](O)C(O[C@H]1O[C@H](CO)[C@@H](O)[C@H](O)[C@H]1O)[C@H](O)CO. The maximum Gasteiger partial charge on any atom is 0.187 e. The minimum Gasteiger partial charge on any atom is -0.394 e. The highest BCUT2D eigenvalue weighted by Crippen LogP contribution is 2.24. The molecule has 10 nitrogen and oxygen atoms in total. The number of aliphatic hydroxyl groups is 7. The van der Waals surface area contributed by atoms with E-state index in [1.807, 2.05) is 0 Å². The number of carbonyl (C=O) groups excluding carboxylic acids is 1. The number of ether oxygens (including phenoxy) is 2. The molecule has 10 heteroatoms. The molecule has 0 radical (unpaired) electrons. The van der Waals surface area contributed by atoms with Gasteiger partial charge in [0, 0.05) is 6.42 Å². The lowest BCUT2D eigenvalue weighted by Gasteiger charge is -2.41. The Kier molecular flexibility index (Phi) is 7.76. The Morgan fingerprint density at radius 1 is 1.05 bits per heavy atom. The maximum absolute atomic E-state index is 10.4. The summed E-state index contributed by atoms with van der Waals surface area (Å²) in [5.41, 5.74) is 0. The van der Waals surface area contributed by atoms with Crippen molar-refractivity contribution in [2.45, 2.75) is 55.4 Å². The second-order valence-electron chi connectivity index (χ2n) is 5.02. The molecule has 7 N–H and O–H groups in total. The highest BCUT2D eigenvalue weighted by Gasteiger charge is 2.46. The minimum atomic E-state index is -1.73. The fourth-order valence-corrected chi connectivity index (χ4v) is 2.11. The van der Waals surface area contributed by atoms with Crippen molar-refractivity contribution in [2.75, 3.05) is 13.2 Å². The molecule has 0 saturated carbocycles. The molecule has 0 aliphatic carbocycles. The third-order valence-corrected chi connectivity index (χ3v) is 3.42. The zero-order valence-corrected chi connectivity index (χ0v) is 11.7. The molecule has 0 bridgehead atoms. The van der Waals surface area contributed by atoms with E-state index in [1.54, 1.807) is 0 Å². The molecule has 1 unspecified atom stereocenters. The van der Waals surface area contributed by atoms with Gasteiger partial charge in [-0.1, -0.05) is 0 Å². The topological polar surface area (TPSA) is 177 Å². The van der Waals surface area contributed by atoms with Gasteiger partial charge in [0.15, 0.2) is 6.29 Å². The highest BCUT2D eigenvalue weighted by atomic mass is 16.7. The largest absolute Gasteiger partial charge is 0.394 e. The van der Waals surface area contributed by atoms with Gasteiger partial charge in [-0.05, 0) is 0 Å². The van der Waals surface area contributed by atoms with E-state index in [0.717, 1.165) is 0 Å². The van der Waals surface area contributed by atoms with Crippen molar-refractivity contribution in [3.05, 3.63) is 0 Å². The average molecular weight is 326 g/mol. The highest BCUT2D eigenvalue weighted by molar-refractivity contribution is 5.50. The summed E-state index contributed by atoms with van der Waals surface area (Å²) in [6.45, 7) is -1.47. The zero-order valence-electron chi connectivity index (χ0n) is 11.7. The summed E-state index contributed by atoms with van der Waals surface area (Å²) in [4.78, 5) is 10.4. The van der Waals surface area contributed by atoms with Crippen LogP contribution < -0.4 is 0 Å². The van der Waals surface area contributed by atoms with Crippen molar-refractivity contribution in [1.82, 2.24) is 0 Å². The second-order valence-corrected chi connectivity index (χ2v) is 5.02. The summed E-state index contributed by atoms with van der Waals surface area (Å²) < 4.78 is 10.2. The van der Waals surface area contributed by atoms with Gasteiger partial charge in [0.1, 0.15) is 42.9 Å². The molecule has 8 atom stereocenters. The van der Waals surface area contributed by atoms with Crippen LogP contribution in [0.4, 0.5) is 0 Å². The van der Waals surface area contributed by atoms with Crippen LogP contribution in [0.3, 0.4) is 0 Å². The summed E-state index contributed by atoms with van der Waals surface area (Å²) in [6, 6.07) is 0. The van der Waals surface area contributed by atoms with Crippen LogP contribution in [0.1, 0.15) is 6.42 Å². The van der Waals surface area contributed by atoms with Gasteiger partial charge in [-0.15, -0.1) is 0 Å². The predicted octanol–water partition coefficient (Wildman–Crippen LogP) is -4.53. The summed E-state index contributed by atoms with van der Waals surface area (Å²) in [6.07, 6.45) is -12.4. The van der Waals surface area contributed by atoms with Crippen molar-refractivity contribution in [3.8, 4) is 0 Å². The molecule has 1 aliphatic rings. The Balaban J connectivity index is 2.84. The summed E-state index contributed by atoms with van der Waals surface area (Å²) in [5, 5.41) is 66.4. The molecule has 130 valence electrons. The van der Waals surface area contributed by atoms with Gasteiger partial charge in [0.2, 0.25) is 0 Å². The van der Waals surface area contributed by atoms with Gasteiger partial charge in [-0.2, -0.15) is 0 Å². The molecule has 0 amide bonds. The van der Waals surface area contributed by atoms with Crippen LogP contribution in [-0.4, -0.2) is 104 Å². The summed E-state index contributed by atoms with van der Waals surface area (Å²) in [7, 11) is 0. The van der Waals surface area contributed by atoms with E-state index < -0.39 is 68.7 Å². The van der Waals surface area contributed by atoms with Crippen molar-refractivity contribution in [3.63, 3.8) is 0 Å². The van der Waals surface area contributed by atoms with Crippen LogP contribution in [0.25, 0.3) is 0 Å². The Morgan fingerprint density at radius 2 is 1.68 bits per heavy atom. The molecule has 1 saturated heterocycles. The molecule has 1 aliphatic heterocycles. The summed E-state index contributed by atoms with van der Waals surface area (Å²) in [5.74, 6) is 0. The number of aldehydes is 1. The molecule has 0 spiro atoms. The Hall–Kier alpha value is -0.690. The average Bonchev–Trinajstić information content (AvgIpc) is 2.51. The normalized spacial score (nSPS) is 36.6. The van der Waals surface area contributed by atoms with Crippen LogP contribution in [-0.2, 0) is 14.3 Å². The molecule has 1 heterocycles. The van der Waals surface area contributed by atoms with Gasteiger partial charge in [-0.25, -0.2) is 0 Å². The first-order valence-corrected chi connectivity index (χ1v) is 6.73. The van der Waals surface area contributed by atoms with E-state index >= 15 is 0 Å². The molecular formula is C12H22O10. The van der Waals surface area contributed by atoms with E-state index in [-0.39, 0.29) is 0 Å². The van der Waals surface area contributed by atoms with Gasteiger partial charge >= 0.3 is 0 Å². The third kappa shape index (κ3) is 4.41. The number of rotatable bonds is 8. The smallest absolute Gasteiger partial charge is 0.187 e. The lowest BCUT2D eigenvalue weighted by atomic mass is 9.99. The standard InChI is InChI=1S/C12H22O10/c13-2-1-5(16)11(6(17)3-14)22-12-10(20)9(19)8(18)7(4-15)21-12/h2,5-12,14-20H,1,3-4H2/t5-,6-,7-,8-,9+,10-,11?,12-/m1/s1. The van der Waals surface area contributed by atoms with Gasteiger partial charge < -0.3 is 50.0 Å². The van der Waals surface area contributed by atoms with Gasteiger partial charge in [0.05, 0.1) is 19.3 Å². The van der Waals surface area contributed by atoms with E-state index in [1.165, 1.54) is 0 Å². The predicted molar refractivity (Wildman–Crippen MR) is 68.4 cm³/mol. The number of carbonyl (C=O) groups is 1.